The van der Waals surface area contributed by atoms with E-state index in [1.807, 2.05) is 6.26 Å². The second-order valence-electron chi connectivity index (χ2n) is 5.47. The van der Waals surface area contributed by atoms with Crippen LogP contribution >= 0.6 is 11.8 Å². The Labute approximate surface area is 129 Å². The second kappa shape index (κ2) is 6.24. The van der Waals surface area contributed by atoms with Crippen LogP contribution in [0.15, 0.2) is 17.0 Å². The molecule has 0 radical (unpaired) electrons. The predicted molar refractivity (Wildman–Crippen MR) is 84.3 cm³/mol. The molecule has 1 aromatic carbocycles. The number of sulfonamides is 1. The van der Waals surface area contributed by atoms with E-state index in [1.54, 1.807) is 11.8 Å². The summed E-state index contributed by atoms with van der Waals surface area (Å²) in [6.45, 7) is 1.96. The van der Waals surface area contributed by atoms with Crippen molar-refractivity contribution in [3.8, 4) is 0 Å². The zero-order valence-corrected chi connectivity index (χ0v) is 13.9. The molecule has 1 aliphatic carbocycles. The summed E-state index contributed by atoms with van der Waals surface area (Å²) in [5.41, 5.74) is 6.10. The predicted octanol–water partition coefficient (Wildman–Crippen LogP) is 2.16. The van der Waals surface area contributed by atoms with Gasteiger partial charge in [0.1, 0.15) is 5.82 Å². The topological polar surface area (TPSA) is 72.2 Å². The van der Waals surface area contributed by atoms with E-state index in [-0.39, 0.29) is 21.8 Å². The summed E-state index contributed by atoms with van der Waals surface area (Å²) in [5, 5.41) is 0. The van der Waals surface area contributed by atoms with Gasteiger partial charge in [-0.05, 0) is 43.7 Å². The number of hydrogen-bond donors (Lipinski definition) is 2. The van der Waals surface area contributed by atoms with Gasteiger partial charge in [-0.1, -0.05) is 6.42 Å². The van der Waals surface area contributed by atoms with E-state index in [4.69, 9.17) is 5.73 Å². The first-order valence-corrected chi connectivity index (χ1v) is 9.58. The van der Waals surface area contributed by atoms with Gasteiger partial charge in [0.2, 0.25) is 10.0 Å². The van der Waals surface area contributed by atoms with E-state index >= 15 is 0 Å². The number of hydrogen-bond acceptors (Lipinski definition) is 4. The molecule has 3 N–H and O–H groups in total. The van der Waals surface area contributed by atoms with Gasteiger partial charge in [0.25, 0.3) is 0 Å². The molecule has 0 atom stereocenters. The lowest BCUT2D eigenvalue weighted by Gasteiger charge is -2.40. The molecule has 0 amide bonds. The molecule has 0 aliphatic heterocycles. The highest BCUT2D eigenvalue weighted by Crippen LogP contribution is 2.42. The third-order valence-corrected chi connectivity index (χ3v) is 7.11. The Morgan fingerprint density at radius 1 is 1.43 bits per heavy atom. The molecular formula is C14H21FN2O2S2. The fourth-order valence-corrected chi connectivity index (χ4v) is 4.87. The highest BCUT2D eigenvalue weighted by Gasteiger charge is 2.37. The lowest BCUT2D eigenvalue weighted by molar-refractivity contribution is 0.361. The Morgan fingerprint density at radius 2 is 2.10 bits per heavy atom. The maximum absolute atomic E-state index is 13.8. The molecule has 0 spiro atoms. The van der Waals surface area contributed by atoms with Crippen LogP contribution in [-0.2, 0) is 16.6 Å². The molecule has 2 rings (SSSR count). The van der Waals surface area contributed by atoms with E-state index in [1.165, 1.54) is 19.1 Å². The first-order chi connectivity index (χ1) is 9.83. The number of nitrogens with one attached hydrogen (secondary N) is 1. The molecule has 4 nitrogen and oxygen atoms in total. The van der Waals surface area contributed by atoms with Crippen LogP contribution in [0.2, 0.25) is 0 Å². The Hall–Kier alpha value is -0.630. The average molecular weight is 332 g/mol. The molecule has 21 heavy (non-hydrogen) atoms. The Balaban J connectivity index is 2.25. The zero-order valence-electron chi connectivity index (χ0n) is 12.3. The third-order valence-electron chi connectivity index (χ3n) is 4.16. The van der Waals surface area contributed by atoms with Crippen molar-refractivity contribution in [2.24, 2.45) is 5.73 Å². The summed E-state index contributed by atoms with van der Waals surface area (Å²) in [7, 11) is -3.72. The molecular weight excluding hydrogens is 311 g/mol. The smallest absolute Gasteiger partial charge is 0.240 e. The van der Waals surface area contributed by atoms with Crippen molar-refractivity contribution in [2.75, 3.05) is 12.8 Å². The van der Waals surface area contributed by atoms with Crippen molar-refractivity contribution >= 4 is 21.8 Å². The van der Waals surface area contributed by atoms with Crippen molar-refractivity contribution in [2.45, 2.75) is 42.4 Å². The van der Waals surface area contributed by atoms with Gasteiger partial charge >= 0.3 is 0 Å². The van der Waals surface area contributed by atoms with Crippen molar-refractivity contribution in [3.63, 3.8) is 0 Å². The number of rotatable bonds is 6. The van der Waals surface area contributed by atoms with Crippen LogP contribution in [0.25, 0.3) is 0 Å². The molecule has 1 aliphatic rings. The van der Waals surface area contributed by atoms with Crippen LogP contribution in [-0.4, -0.2) is 26.0 Å². The highest BCUT2D eigenvalue weighted by atomic mass is 32.2. The molecule has 0 bridgehead atoms. The van der Waals surface area contributed by atoms with Gasteiger partial charge in [-0.2, -0.15) is 11.8 Å². The number of benzene rings is 1. The lowest BCUT2D eigenvalue weighted by atomic mass is 9.84. The molecule has 7 heteroatoms. The maximum atomic E-state index is 13.8. The minimum absolute atomic E-state index is 0.00893. The molecule has 0 aromatic heterocycles. The first-order valence-electron chi connectivity index (χ1n) is 6.87. The molecule has 0 unspecified atom stereocenters. The molecule has 0 heterocycles. The maximum Gasteiger partial charge on any atom is 0.240 e. The van der Waals surface area contributed by atoms with Crippen molar-refractivity contribution < 1.29 is 12.8 Å². The summed E-state index contributed by atoms with van der Waals surface area (Å²) in [6.07, 6.45) is 5.13. The molecule has 1 fully saturated rings. The van der Waals surface area contributed by atoms with Gasteiger partial charge in [0.05, 0.1) is 4.90 Å². The third kappa shape index (κ3) is 3.41. The van der Waals surface area contributed by atoms with Crippen LogP contribution < -0.4 is 10.5 Å². The van der Waals surface area contributed by atoms with Gasteiger partial charge in [-0.15, -0.1) is 0 Å². The fourth-order valence-electron chi connectivity index (χ4n) is 2.43. The summed E-state index contributed by atoms with van der Waals surface area (Å²) in [4.78, 5) is -0.0153. The Bertz CT molecular complexity index is 623. The first kappa shape index (κ1) is 16.7. The van der Waals surface area contributed by atoms with E-state index in [2.05, 4.69) is 4.72 Å². The number of halogens is 1. The normalized spacial score (nSPS) is 17.5. The molecule has 1 saturated carbocycles. The van der Waals surface area contributed by atoms with Crippen molar-refractivity contribution in [3.05, 3.63) is 29.1 Å². The Morgan fingerprint density at radius 3 is 2.57 bits per heavy atom. The lowest BCUT2D eigenvalue weighted by Crippen LogP contribution is -2.45. The van der Waals surface area contributed by atoms with Gasteiger partial charge in [0, 0.05) is 23.4 Å². The monoisotopic (exact) mass is 332 g/mol. The number of nitrogens with two attached hydrogens (primary N) is 1. The van der Waals surface area contributed by atoms with Crippen LogP contribution in [0.4, 0.5) is 4.39 Å². The minimum Gasteiger partial charge on any atom is -0.326 e. The van der Waals surface area contributed by atoms with E-state index < -0.39 is 15.8 Å². The van der Waals surface area contributed by atoms with Crippen LogP contribution in [0.3, 0.4) is 0 Å². The molecule has 0 saturated heterocycles. The van der Waals surface area contributed by atoms with Gasteiger partial charge in [-0.3, -0.25) is 0 Å². The van der Waals surface area contributed by atoms with Crippen LogP contribution in [0, 0.1) is 12.7 Å². The average Bonchev–Trinajstić information content (AvgIpc) is 2.40. The van der Waals surface area contributed by atoms with E-state index in [9.17, 15) is 12.8 Å². The van der Waals surface area contributed by atoms with Gasteiger partial charge < -0.3 is 5.73 Å². The van der Waals surface area contributed by atoms with Gasteiger partial charge in [0.15, 0.2) is 0 Å². The largest absolute Gasteiger partial charge is 0.326 e. The van der Waals surface area contributed by atoms with E-state index in [0.717, 1.165) is 19.3 Å². The quantitative estimate of drug-likeness (QED) is 0.837. The fraction of sp³-hybridized carbons (Fsp3) is 0.571. The van der Waals surface area contributed by atoms with Crippen LogP contribution in [0.1, 0.15) is 30.4 Å². The number of thioether (sulfide) groups is 1. The Kier molecular flexibility index (Phi) is 4.97. The summed E-state index contributed by atoms with van der Waals surface area (Å²) in [6, 6.07) is 2.73. The minimum atomic E-state index is -3.72. The van der Waals surface area contributed by atoms with Gasteiger partial charge in [-0.25, -0.2) is 17.5 Å². The molecule has 118 valence electrons. The SMILES string of the molecule is CSC1(CNS(=O)(=O)c2cc(CN)cc(F)c2C)CCC1. The highest BCUT2D eigenvalue weighted by molar-refractivity contribution is 8.00. The van der Waals surface area contributed by atoms with Crippen molar-refractivity contribution in [1.82, 2.24) is 4.72 Å². The standard InChI is InChI=1S/C14H21FN2O2S2/c1-10-12(15)6-11(8-16)7-13(10)21(18,19)17-9-14(20-2)4-3-5-14/h6-7,17H,3-5,8-9,16H2,1-2H3. The summed E-state index contributed by atoms with van der Waals surface area (Å²) in [5.74, 6) is -0.540. The van der Waals surface area contributed by atoms with Crippen LogP contribution in [0.5, 0.6) is 0 Å². The zero-order chi connectivity index (χ0) is 15.7. The van der Waals surface area contributed by atoms with E-state index in [0.29, 0.717) is 12.1 Å². The summed E-state index contributed by atoms with van der Waals surface area (Å²) < 4.78 is 41.3. The van der Waals surface area contributed by atoms with Crippen molar-refractivity contribution in [1.29, 1.82) is 0 Å². The molecule has 1 aromatic rings. The second-order valence-corrected chi connectivity index (χ2v) is 8.48. The summed E-state index contributed by atoms with van der Waals surface area (Å²) >= 11 is 1.69.